The third-order valence-electron chi connectivity index (χ3n) is 5.97. The fraction of sp³-hybridized carbons (Fsp3) is 0.952. The number of hydrogen-bond donors (Lipinski definition) is 0. The van der Waals surface area contributed by atoms with E-state index in [1.54, 1.807) is 0 Å². The lowest BCUT2D eigenvalue weighted by molar-refractivity contribution is 0.00738. The lowest BCUT2D eigenvalue weighted by atomic mass is 9.73. The van der Waals surface area contributed by atoms with Crippen LogP contribution in [0.4, 0.5) is 0 Å². The lowest BCUT2D eigenvalue weighted by Gasteiger charge is -2.35. The average molecular weight is 308 g/mol. The Kier molecular flexibility index (Phi) is 9.56. The lowest BCUT2D eigenvalue weighted by Crippen LogP contribution is -2.27. The number of ether oxygens (including phenoxy) is 1. The van der Waals surface area contributed by atoms with Gasteiger partial charge in [0.15, 0.2) is 0 Å². The Morgan fingerprint density at radius 3 is 2.00 bits per heavy atom. The Bertz CT molecular complexity index is 249. The minimum Gasteiger partial charge on any atom is -0.378 e. The van der Waals surface area contributed by atoms with Gasteiger partial charge in [-0.2, -0.15) is 0 Å². The summed E-state index contributed by atoms with van der Waals surface area (Å²) in [5, 5.41) is 0. The highest BCUT2D eigenvalue weighted by Crippen LogP contribution is 2.38. The first kappa shape index (κ1) is 18.3. The molecule has 129 valence electrons. The summed E-state index contributed by atoms with van der Waals surface area (Å²) in [5.74, 6) is 2.06. The van der Waals surface area contributed by atoms with Gasteiger partial charge in [0.2, 0.25) is 0 Å². The minimum absolute atomic E-state index is 0.589. The highest BCUT2D eigenvalue weighted by molar-refractivity contribution is 4.84. The Labute approximate surface area is 139 Å². The van der Waals surface area contributed by atoms with E-state index in [1.165, 1.54) is 96.3 Å². The molecule has 22 heavy (non-hydrogen) atoms. The van der Waals surface area contributed by atoms with Crippen LogP contribution in [0.25, 0.3) is 0 Å². The molecule has 1 radical (unpaired) electrons. The zero-order valence-electron chi connectivity index (χ0n) is 15.0. The molecule has 2 aliphatic carbocycles. The minimum atomic E-state index is 0.589. The summed E-state index contributed by atoms with van der Waals surface area (Å²) in [5.41, 5.74) is 0. The van der Waals surface area contributed by atoms with Crippen LogP contribution in [-0.2, 0) is 4.74 Å². The summed E-state index contributed by atoms with van der Waals surface area (Å²) in [6, 6.07) is 0. The molecule has 0 N–H and O–H groups in total. The molecule has 0 spiro atoms. The predicted molar refractivity (Wildman–Crippen MR) is 95.9 cm³/mol. The van der Waals surface area contributed by atoms with Crippen molar-refractivity contribution < 1.29 is 4.74 Å². The van der Waals surface area contributed by atoms with E-state index in [1.807, 2.05) is 0 Å². The van der Waals surface area contributed by atoms with Gasteiger partial charge in [-0.05, 0) is 76.0 Å². The fourth-order valence-electron chi connectivity index (χ4n) is 4.46. The molecule has 0 heterocycles. The molecule has 0 amide bonds. The molecule has 2 saturated carbocycles. The molecule has 0 saturated heterocycles. The van der Waals surface area contributed by atoms with E-state index in [-0.39, 0.29) is 0 Å². The maximum absolute atomic E-state index is 6.14. The van der Waals surface area contributed by atoms with Gasteiger partial charge in [-0.1, -0.05) is 45.4 Å². The first-order chi connectivity index (χ1) is 10.9. The van der Waals surface area contributed by atoms with Crippen LogP contribution in [0.15, 0.2) is 0 Å². The summed E-state index contributed by atoms with van der Waals surface area (Å²) >= 11 is 0. The average Bonchev–Trinajstić information content (AvgIpc) is 2.59. The molecule has 0 unspecified atom stereocenters. The second-order valence-corrected chi connectivity index (χ2v) is 7.73. The molecule has 0 atom stereocenters. The quantitative estimate of drug-likeness (QED) is 0.408. The van der Waals surface area contributed by atoms with Crippen molar-refractivity contribution in [2.45, 2.75) is 109 Å². The van der Waals surface area contributed by atoms with Crippen LogP contribution in [-0.4, -0.2) is 12.7 Å². The van der Waals surface area contributed by atoms with E-state index in [2.05, 4.69) is 13.3 Å². The van der Waals surface area contributed by atoms with Crippen LogP contribution < -0.4 is 0 Å². The van der Waals surface area contributed by atoms with E-state index >= 15 is 0 Å². The largest absolute Gasteiger partial charge is 0.378 e. The maximum Gasteiger partial charge on any atom is 0.0575 e. The van der Waals surface area contributed by atoms with Gasteiger partial charge < -0.3 is 4.74 Å². The zero-order chi connectivity index (χ0) is 15.5. The molecule has 1 heteroatoms. The molecule has 0 aromatic rings. The van der Waals surface area contributed by atoms with Crippen molar-refractivity contribution in [3.63, 3.8) is 0 Å². The van der Waals surface area contributed by atoms with E-state index in [0.29, 0.717) is 6.10 Å². The van der Waals surface area contributed by atoms with Crippen molar-refractivity contribution in [3.05, 3.63) is 6.42 Å². The van der Waals surface area contributed by atoms with Crippen LogP contribution >= 0.6 is 0 Å². The van der Waals surface area contributed by atoms with Gasteiger partial charge >= 0.3 is 0 Å². The first-order valence-electron chi connectivity index (χ1n) is 10.3. The van der Waals surface area contributed by atoms with Gasteiger partial charge in [-0.3, -0.25) is 0 Å². The fourth-order valence-corrected chi connectivity index (χ4v) is 4.46. The summed E-state index contributed by atoms with van der Waals surface area (Å²) in [4.78, 5) is 0. The number of rotatable bonds is 10. The monoisotopic (exact) mass is 307 g/mol. The summed E-state index contributed by atoms with van der Waals surface area (Å²) in [7, 11) is 0. The Morgan fingerprint density at radius 1 is 0.727 bits per heavy atom. The molecule has 2 rings (SSSR count). The topological polar surface area (TPSA) is 9.23 Å². The van der Waals surface area contributed by atoms with Crippen LogP contribution in [0.1, 0.15) is 103 Å². The Balaban J connectivity index is 1.44. The third kappa shape index (κ3) is 7.02. The van der Waals surface area contributed by atoms with Crippen LogP contribution in [0.2, 0.25) is 0 Å². The van der Waals surface area contributed by atoms with Crippen LogP contribution in [0.5, 0.6) is 0 Å². The number of unbranched alkanes of at least 4 members (excludes halogenated alkanes) is 6. The standard InChI is InChI=1S/C21H39O/c1-2-3-4-5-6-7-11-18-22-21-16-14-20(15-17-21)19-12-9-8-10-13-19/h8,19-21H,2-7,9-18H2,1H3. The zero-order valence-corrected chi connectivity index (χ0v) is 15.0. The van der Waals surface area contributed by atoms with E-state index in [9.17, 15) is 0 Å². The van der Waals surface area contributed by atoms with Crippen LogP contribution in [0, 0.1) is 18.3 Å². The van der Waals surface area contributed by atoms with Crippen molar-refractivity contribution in [2.24, 2.45) is 11.8 Å². The Morgan fingerprint density at radius 2 is 1.32 bits per heavy atom. The normalized spacial score (nSPS) is 27.1. The third-order valence-corrected chi connectivity index (χ3v) is 5.97. The molecule has 0 bridgehead atoms. The van der Waals surface area contributed by atoms with Gasteiger partial charge in [0.25, 0.3) is 0 Å². The summed E-state index contributed by atoms with van der Waals surface area (Å²) in [6.45, 7) is 3.30. The molecule has 2 aliphatic rings. The second kappa shape index (κ2) is 11.5. The van der Waals surface area contributed by atoms with Gasteiger partial charge in [-0.25, -0.2) is 0 Å². The molecule has 0 aliphatic heterocycles. The van der Waals surface area contributed by atoms with Crippen molar-refractivity contribution in [1.82, 2.24) is 0 Å². The van der Waals surface area contributed by atoms with Crippen molar-refractivity contribution >= 4 is 0 Å². The molecule has 0 aromatic carbocycles. The summed E-state index contributed by atoms with van der Waals surface area (Å²) in [6.07, 6.45) is 24.0. The van der Waals surface area contributed by atoms with E-state index < -0.39 is 0 Å². The van der Waals surface area contributed by atoms with Gasteiger partial charge in [0.05, 0.1) is 6.10 Å². The smallest absolute Gasteiger partial charge is 0.0575 e. The van der Waals surface area contributed by atoms with Gasteiger partial charge in [0, 0.05) is 6.61 Å². The molecular weight excluding hydrogens is 268 g/mol. The predicted octanol–water partition coefficient (Wildman–Crippen LogP) is 6.71. The van der Waals surface area contributed by atoms with Crippen molar-refractivity contribution in [3.8, 4) is 0 Å². The highest BCUT2D eigenvalue weighted by Gasteiger charge is 2.28. The summed E-state index contributed by atoms with van der Waals surface area (Å²) < 4.78 is 6.14. The van der Waals surface area contributed by atoms with E-state index in [4.69, 9.17) is 4.74 Å². The van der Waals surface area contributed by atoms with Gasteiger partial charge in [-0.15, -0.1) is 0 Å². The maximum atomic E-state index is 6.14. The van der Waals surface area contributed by atoms with Gasteiger partial charge in [0.1, 0.15) is 0 Å². The highest BCUT2D eigenvalue weighted by atomic mass is 16.5. The molecule has 2 fully saturated rings. The second-order valence-electron chi connectivity index (χ2n) is 7.73. The van der Waals surface area contributed by atoms with E-state index in [0.717, 1.165) is 18.4 Å². The van der Waals surface area contributed by atoms with Crippen LogP contribution in [0.3, 0.4) is 0 Å². The SMILES string of the molecule is CCCCCCCCCOC1CCC(C2CC[CH]CC2)CC1. The molecular formula is C21H39O. The molecule has 1 nitrogen and oxygen atoms in total. The Hall–Kier alpha value is -0.0400. The van der Waals surface area contributed by atoms with Crippen molar-refractivity contribution in [2.75, 3.05) is 6.61 Å². The first-order valence-corrected chi connectivity index (χ1v) is 10.3. The number of hydrogen-bond acceptors (Lipinski definition) is 1. The van der Waals surface area contributed by atoms with Crippen molar-refractivity contribution in [1.29, 1.82) is 0 Å². The molecule has 0 aromatic heterocycles.